The van der Waals surface area contributed by atoms with Crippen LogP contribution in [0.15, 0.2) is 18.5 Å². The molecule has 1 fully saturated rings. The van der Waals surface area contributed by atoms with Gasteiger partial charge in [-0.05, 0) is 33.8 Å². The van der Waals surface area contributed by atoms with Crippen LogP contribution in [0.2, 0.25) is 0 Å². The number of hydrogen-bond acceptors (Lipinski definition) is 5. The summed E-state index contributed by atoms with van der Waals surface area (Å²) in [6.07, 6.45) is 2.80. The molecule has 1 aromatic rings. The predicted molar refractivity (Wildman–Crippen MR) is 87.4 cm³/mol. The Balaban J connectivity index is 2.10. The van der Waals surface area contributed by atoms with Gasteiger partial charge in [-0.3, -0.25) is 9.78 Å². The van der Waals surface area contributed by atoms with Crippen LogP contribution >= 0.6 is 0 Å². The van der Waals surface area contributed by atoms with Crippen molar-refractivity contribution < 1.29 is 14.3 Å². The van der Waals surface area contributed by atoms with E-state index in [-0.39, 0.29) is 12.1 Å². The number of piperazine rings is 1. The van der Waals surface area contributed by atoms with E-state index in [1.54, 1.807) is 17.2 Å². The third kappa shape index (κ3) is 4.12. The fourth-order valence-electron chi connectivity index (χ4n) is 2.62. The minimum Gasteiger partial charge on any atom is -0.444 e. The number of carbonyl (C=O) groups excluding carboxylic acids is 2. The number of primary amides is 1. The van der Waals surface area contributed by atoms with Crippen molar-refractivity contribution in [3.8, 4) is 0 Å². The Labute approximate surface area is 136 Å². The Morgan fingerprint density at radius 2 is 2.04 bits per heavy atom. The van der Waals surface area contributed by atoms with Crippen LogP contribution < -0.4 is 10.6 Å². The fourth-order valence-corrected chi connectivity index (χ4v) is 2.62. The Morgan fingerprint density at radius 3 is 2.61 bits per heavy atom. The van der Waals surface area contributed by atoms with Crippen molar-refractivity contribution in [2.75, 3.05) is 24.5 Å². The molecule has 0 unspecified atom stereocenters. The van der Waals surface area contributed by atoms with Gasteiger partial charge in [0.15, 0.2) is 0 Å². The highest BCUT2D eigenvalue weighted by Gasteiger charge is 2.31. The predicted octanol–water partition coefficient (Wildman–Crippen LogP) is 1.63. The Bertz CT molecular complexity index is 597. The lowest BCUT2D eigenvalue weighted by molar-refractivity contribution is 0.0158. The molecule has 0 aromatic carbocycles. The van der Waals surface area contributed by atoms with Crippen molar-refractivity contribution >= 4 is 17.7 Å². The molecule has 0 radical (unpaired) electrons. The largest absolute Gasteiger partial charge is 0.444 e. The molecular weight excluding hydrogens is 296 g/mol. The molecule has 2 N–H and O–H groups in total. The zero-order valence-electron chi connectivity index (χ0n) is 14.1. The third-order valence-electron chi connectivity index (χ3n) is 3.66. The van der Waals surface area contributed by atoms with E-state index < -0.39 is 11.5 Å². The number of nitrogens with two attached hydrogens (primary N) is 1. The van der Waals surface area contributed by atoms with E-state index in [0.29, 0.717) is 25.2 Å². The first-order valence-electron chi connectivity index (χ1n) is 7.67. The number of carbonyl (C=O) groups is 2. The number of ether oxygens (including phenoxy) is 1. The van der Waals surface area contributed by atoms with E-state index in [1.165, 1.54) is 6.20 Å². The molecule has 1 aromatic heterocycles. The molecule has 1 atom stereocenters. The van der Waals surface area contributed by atoms with E-state index in [2.05, 4.69) is 4.98 Å². The molecule has 1 aliphatic heterocycles. The monoisotopic (exact) mass is 320 g/mol. The van der Waals surface area contributed by atoms with Crippen molar-refractivity contribution in [1.82, 2.24) is 9.88 Å². The van der Waals surface area contributed by atoms with Crippen LogP contribution in [0.1, 0.15) is 38.1 Å². The molecule has 126 valence electrons. The summed E-state index contributed by atoms with van der Waals surface area (Å²) < 4.78 is 5.43. The van der Waals surface area contributed by atoms with E-state index in [1.807, 2.05) is 32.6 Å². The molecule has 0 spiro atoms. The van der Waals surface area contributed by atoms with Crippen LogP contribution in [0.4, 0.5) is 10.5 Å². The second kappa shape index (κ2) is 6.44. The Kier molecular flexibility index (Phi) is 4.77. The highest BCUT2D eigenvalue weighted by atomic mass is 16.6. The quantitative estimate of drug-likeness (QED) is 0.894. The minimum atomic E-state index is -0.516. The van der Waals surface area contributed by atoms with Gasteiger partial charge in [-0.25, -0.2) is 4.79 Å². The highest BCUT2D eigenvalue weighted by molar-refractivity contribution is 5.98. The van der Waals surface area contributed by atoms with Gasteiger partial charge in [0.1, 0.15) is 5.60 Å². The first kappa shape index (κ1) is 17.1. The molecule has 0 bridgehead atoms. The van der Waals surface area contributed by atoms with E-state index in [4.69, 9.17) is 10.5 Å². The van der Waals surface area contributed by atoms with Gasteiger partial charge in [-0.1, -0.05) is 0 Å². The van der Waals surface area contributed by atoms with Gasteiger partial charge in [0.25, 0.3) is 5.91 Å². The van der Waals surface area contributed by atoms with Gasteiger partial charge in [-0.15, -0.1) is 0 Å². The number of rotatable bonds is 2. The summed E-state index contributed by atoms with van der Waals surface area (Å²) in [4.78, 5) is 31.5. The molecule has 1 aliphatic rings. The van der Waals surface area contributed by atoms with E-state index in [0.717, 1.165) is 5.69 Å². The van der Waals surface area contributed by atoms with Crippen LogP contribution in [0.5, 0.6) is 0 Å². The maximum Gasteiger partial charge on any atom is 0.410 e. The Morgan fingerprint density at radius 1 is 1.35 bits per heavy atom. The minimum absolute atomic E-state index is 0.0347. The van der Waals surface area contributed by atoms with Gasteiger partial charge in [-0.2, -0.15) is 0 Å². The SMILES string of the molecule is C[C@@H]1CN(c2ccncc2C(N)=O)CCN1C(=O)OC(C)(C)C. The fraction of sp³-hybridized carbons (Fsp3) is 0.562. The normalized spacial score (nSPS) is 18.7. The van der Waals surface area contributed by atoms with Gasteiger partial charge < -0.3 is 20.3 Å². The number of hydrogen-bond donors (Lipinski definition) is 1. The van der Waals surface area contributed by atoms with Crippen LogP contribution in [0.25, 0.3) is 0 Å². The number of anilines is 1. The lowest BCUT2D eigenvalue weighted by Crippen LogP contribution is -2.55. The lowest BCUT2D eigenvalue weighted by Gasteiger charge is -2.41. The second-order valence-electron chi connectivity index (χ2n) is 6.73. The van der Waals surface area contributed by atoms with Crippen molar-refractivity contribution in [3.05, 3.63) is 24.0 Å². The summed E-state index contributed by atoms with van der Waals surface area (Å²) >= 11 is 0. The molecule has 2 rings (SSSR count). The number of amides is 2. The molecule has 0 aliphatic carbocycles. The van der Waals surface area contributed by atoms with Crippen LogP contribution in [-0.4, -0.2) is 53.2 Å². The summed E-state index contributed by atoms with van der Waals surface area (Å²) in [5, 5.41) is 0. The van der Waals surface area contributed by atoms with Crippen LogP contribution in [-0.2, 0) is 4.74 Å². The standard InChI is InChI=1S/C16H24N4O3/c1-11-10-19(13-5-6-18-9-12(13)14(17)21)7-8-20(11)15(22)23-16(2,3)4/h5-6,9,11H,7-8,10H2,1-4H3,(H2,17,21)/t11-/m1/s1. The summed E-state index contributed by atoms with van der Waals surface area (Å²) in [6.45, 7) is 9.24. The summed E-state index contributed by atoms with van der Waals surface area (Å²) in [6, 6.07) is 1.74. The van der Waals surface area contributed by atoms with Crippen molar-refractivity contribution in [1.29, 1.82) is 0 Å². The molecule has 1 saturated heterocycles. The van der Waals surface area contributed by atoms with Crippen LogP contribution in [0.3, 0.4) is 0 Å². The molecule has 7 nitrogen and oxygen atoms in total. The average Bonchev–Trinajstić information content (AvgIpc) is 2.45. The molecule has 0 saturated carbocycles. The van der Waals surface area contributed by atoms with E-state index in [9.17, 15) is 9.59 Å². The van der Waals surface area contributed by atoms with Crippen LogP contribution in [0, 0.1) is 0 Å². The van der Waals surface area contributed by atoms with Crippen molar-refractivity contribution in [2.45, 2.75) is 39.3 Å². The van der Waals surface area contributed by atoms with Gasteiger partial charge in [0.2, 0.25) is 0 Å². The maximum atomic E-state index is 12.2. The number of aromatic nitrogens is 1. The molecular formula is C16H24N4O3. The molecule has 23 heavy (non-hydrogen) atoms. The second-order valence-corrected chi connectivity index (χ2v) is 6.73. The van der Waals surface area contributed by atoms with E-state index >= 15 is 0 Å². The number of nitrogens with zero attached hydrogens (tertiary/aromatic N) is 3. The van der Waals surface area contributed by atoms with Crippen molar-refractivity contribution in [2.24, 2.45) is 5.73 Å². The Hall–Kier alpha value is -2.31. The van der Waals surface area contributed by atoms with Gasteiger partial charge in [0.05, 0.1) is 11.3 Å². The zero-order chi connectivity index (χ0) is 17.2. The number of pyridine rings is 1. The zero-order valence-corrected chi connectivity index (χ0v) is 14.1. The van der Waals surface area contributed by atoms with Gasteiger partial charge in [0, 0.05) is 38.1 Å². The molecule has 2 heterocycles. The third-order valence-corrected chi connectivity index (χ3v) is 3.66. The topological polar surface area (TPSA) is 88.8 Å². The summed E-state index contributed by atoms with van der Waals surface area (Å²) in [7, 11) is 0. The smallest absolute Gasteiger partial charge is 0.410 e. The molecule has 2 amide bonds. The highest BCUT2D eigenvalue weighted by Crippen LogP contribution is 2.23. The lowest BCUT2D eigenvalue weighted by atomic mass is 10.1. The first-order valence-corrected chi connectivity index (χ1v) is 7.67. The van der Waals surface area contributed by atoms with Crippen molar-refractivity contribution in [3.63, 3.8) is 0 Å². The summed E-state index contributed by atoms with van der Waals surface area (Å²) in [5.41, 5.74) is 6.04. The molecule has 7 heteroatoms. The average molecular weight is 320 g/mol. The first-order chi connectivity index (χ1) is 10.7. The summed E-state index contributed by atoms with van der Waals surface area (Å²) in [5.74, 6) is -0.504. The van der Waals surface area contributed by atoms with Gasteiger partial charge >= 0.3 is 6.09 Å². The maximum absolute atomic E-state index is 12.2.